The highest BCUT2D eigenvalue weighted by Gasteiger charge is 2.43. The zero-order valence-electron chi connectivity index (χ0n) is 10.4. The van der Waals surface area contributed by atoms with Crippen LogP contribution < -0.4 is 10.6 Å². The van der Waals surface area contributed by atoms with Crippen LogP contribution in [0.3, 0.4) is 0 Å². The van der Waals surface area contributed by atoms with E-state index in [4.69, 9.17) is 0 Å². The zero-order chi connectivity index (χ0) is 12.8. The monoisotopic (exact) mass is 272 g/mol. The summed E-state index contributed by atoms with van der Waals surface area (Å²) < 4.78 is 22.7. The van der Waals surface area contributed by atoms with Crippen molar-refractivity contribution in [2.24, 2.45) is 11.8 Å². The molecule has 0 radical (unpaired) electrons. The van der Waals surface area contributed by atoms with Crippen molar-refractivity contribution in [2.45, 2.75) is 37.8 Å². The molecule has 18 heavy (non-hydrogen) atoms. The minimum Gasteiger partial charge on any atom is -0.351 e. The molecule has 0 aromatic heterocycles. The topological polar surface area (TPSA) is 75.3 Å². The molecule has 2 saturated heterocycles. The SMILES string of the molecule is O=C(NC1CCS(=O)(=O)C1)C1NCC2CCCC21. The Labute approximate surface area is 108 Å². The van der Waals surface area contributed by atoms with Gasteiger partial charge >= 0.3 is 0 Å². The van der Waals surface area contributed by atoms with Gasteiger partial charge in [0, 0.05) is 6.04 Å². The molecule has 0 aromatic rings. The summed E-state index contributed by atoms with van der Waals surface area (Å²) in [6.07, 6.45) is 4.13. The normalized spacial score (nSPS) is 41.8. The van der Waals surface area contributed by atoms with E-state index in [1.54, 1.807) is 0 Å². The first-order valence-electron chi connectivity index (χ1n) is 6.79. The summed E-state index contributed by atoms with van der Waals surface area (Å²) in [4.78, 5) is 12.2. The van der Waals surface area contributed by atoms with Gasteiger partial charge in [-0.25, -0.2) is 8.42 Å². The molecule has 102 valence electrons. The Kier molecular flexibility index (Phi) is 3.10. The zero-order valence-corrected chi connectivity index (χ0v) is 11.2. The number of fused-ring (bicyclic) bond motifs is 1. The van der Waals surface area contributed by atoms with Crippen LogP contribution in [0.25, 0.3) is 0 Å². The Morgan fingerprint density at radius 3 is 2.78 bits per heavy atom. The number of carbonyl (C=O) groups is 1. The van der Waals surface area contributed by atoms with Gasteiger partial charge < -0.3 is 10.6 Å². The van der Waals surface area contributed by atoms with Crippen LogP contribution in [-0.4, -0.2) is 44.5 Å². The minimum absolute atomic E-state index is 0.00602. The van der Waals surface area contributed by atoms with Crippen molar-refractivity contribution in [1.29, 1.82) is 0 Å². The van der Waals surface area contributed by atoms with Crippen molar-refractivity contribution in [3.8, 4) is 0 Å². The molecule has 4 atom stereocenters. The highest BCUT2D eigenvalue weighted by atomic mass is 32.2. The highest BCUT2D eigenvalue weighted by Crippen LogP contribution is 2.37. The van der Waals surface area contributed by atoms with Crippen LogP contribution in [0.5, 0.6) is 0 Å². The second kappa shape index (κ2) is 4.49. The number of sulfone groups is 1. The Morgan fingerprint density at radius 2 is 2.06 bits per heavy atom. The second-order valence-electron chi connectivity index (χ2n) is 5.85. The third kappa shape index (κ3) is 2.28. The number of hydrogen-bond donors (Lipinski definition) is 2. The molecule has 1 aliphatic carbocycles. The summed E-state index contributed by atoms with van der Waals surface area (Å²) in [6, 6.07) is -0.273. The van der Waals surface area contributed by atoms with E-state index in [0.717, 1.165) is 13.0 Å². The van der Waals surface area contributed by atoms with E-state index in [-0.39, 0.29) is 29.5 Å². The van der Waals surface area contributed by atoms with E-state index >= 15 is 0 Å². The number of hydrogen-bond acceptors (Lipinski definition) is 4. The van der Waals surface area contributed by atoms with E-state index in [1.807, 2.05) is 0 Å². The molecule has 0 bridgehead atoms. The molecule has 1 saturated carbocycles. The molecule has 0 spiro atoms. The number of rotatable bonds is 2. The van der Waals surface area contributed by atoms with Crippen LogP contribution in [0.2, 0.25) is 0 Å². The molecule has 6 heteroatoms. The molecule has 3 fully saturated rings. The predicted octanol–water partition coefficient (Wildman–Crippen LogP) is -0.322. The lowest BCUT2D eigenvalue weighted by atomic mass is 9.93. The molecule has 4 unspecified atom stereocenters. The summed E-state index contributed by atoms with van der Waals surface area (Å²) in [5, 5.41) is 6.20. The summed E-state index contributed by atoms with van der Waals surface area (Å²) in [7, 11) is -2.92. The number of amides is 1. The van der Waals surface area contributed by atoms with Crippen molar-refractivity contribution in [1.82, 2.24) is 10.6 Å². The highest BCUT2D eigenvalue weighted by molar-refractivity contribution is 7.91. The maximum Gasteiger partial charge on any atom is 0.237 e. The fourth-order valence-electron chi connectivity index (χ4n) is 3.67. The Hall–Kier alpha value is -0.620. The van der Waals surface area contributed by atoms with Crippen molar-refractivity contribution in [2.75, 3.05) is 18.1 Å². The van der Waals surface area contributed by atoms with Crippen LogP contribution in [0.4, 0.5) is 0 Å². The Morgan fingerprint density at radius 1 is 1.22 bits per heavy atom. The lowest BCUT2D eigenvalue weighted by molar-refractivity contribution is -0.124. The quantitative estimate of drug-likeness (QED) is 0.722. The maximum absolute atomic E-state index is 12.2. The molecular weight excluding hydrogens is 252 g/mol. The van der Waals surface area contributed by atoms with E-state index in [0.29, 0.717) is 18.3 Å². The molecule has 0 aromatic carbocycles. The lowest BCUT2D eigenvalue weighted by Crippen LogP contribution is -2.48. The largest absolute Gasteiger partial charge is 0.351 e. The fraction of sp³-hybridized carbons (Fsp3) is 0.917. The minimum atomic E-state index is -2.92. The van der Waals surface area contributed by atoms with Crippen LogP contribution in [-0.2, 0) is 14.6 Å². The number of carbonyl (C=O) groups excluding carboxylic acids is 1. The first kappa shape index (κ1) is 12.4. The third-order valence-electron chi connectivity index (χ3n) is 4.61. The van der Waals surface area contributed by atoms with E-state index in [1.165, 1.54) is 12.8 Å². The molecule has 2 heterocycles. The van der Waals surface area contributed by atoms with Gasteiger partial charge in [-0.15, -0.1) is 0 Å². The second-order valence-corrected chi connectivity index (χ2v) is 8.08. The molecule has 2 N–H and O–H groups in total. The average molecular weight is 272 g/mol. The van der Waals surface area contributed by atoms with Crippen LogP contribution in [0, 0.1) is 11.8 Å². The van der Waals surface area contributed by atoms with Gasteiger partial charge in [0.2, 0.25) is 5.91 Å². The molecule has 3 rings (SSSR count). The van der Waals surface area contributed by atoms with Crippen LogP contribution >= 0.6 is 0 Å². The fourth-order valence-corrected chi connectivity index (χ4v) is 5.35. The van der Waals surface area contributed by atoms with Crippen molar-refractivity contribution in [3.05, 3.63) is 0 Å². The standard InChI is InChI=1S/C12H20N2O3S/c15-12(14-9-4-5-18(16,17)7-9)11-10-3-1-2-8(10)6-13-11/h8-11,13H,1-7H2,(H,14,15). The first-order chi connectivity index (χ1) is 8.55. The summed E-state index contributed by atoms with van der Waals surface area (Å²) in [5.74, 6) is 1.43. The van der Waals surface area contributed by atoms with Gasteiger partial charge in [-0.3, -0.25) is 4.79 Å². The van der Waals surface area contributed by atoms with Gasteiger partial charge in [0.05, 0.1) is 17.5 Å². The van der Waals surface area contributed by atoms with E-state index in [2.05, 4.69) is 10.6 Å². The lowest BCUT2D eigenvalue weighted by Gasteiger charge is -2.20. The van der Waals surface area contributed by atoms with Crippen LogP contribution in [0.15, 0.2) is 0 Å². The van der Waals surface area contributed by atoms with Gasteiger partial charge in [0.1, 0.15) is 0 Å². The van der Waals surface area contributed by atoms with Gasteiger partial charge in [-0.05, 0) is 37.6 Å². The van der Waals surface area contributed by atoms with E-state index < -0.39 is 9.84 Å². The van der Waals surface area contributed by atoms with Crippen LogP contribution in [0.1, 0.15) is 25.7 Å². The predicted molar refractivity (Wildman–Crippen MR) is 67.8 cm³/mol. The van der Waals surface area contributed by atoms with Gasteiger partial charge in [-0.1, -0.05) is 6.42 Å². The number of nitrogens with one attached hydrogen (secondary N) is 2. The molecular formula is C12H20N2O3S. The van der Waals surface area contributed by atoms with Gasteiger partial charge in [0.15, 0.2) is 9.84 Å². The average Bonchev–Trinajstić information content (AvgIpc) is 2.92. The van der Waals surface area contributed by atoms with E-state index in [9.17, 15) is 13.2 Å². The molecule has 1 amide bonds. The van der Waals surface area contributed by atoms with Gasteiger partial charge in [0.25, 0.3) is 0 Å². The van der Waals surface area contributed by atoms with Crippen molar-refractivity contribution < 1.29 is 13.2 Å². The van der Waals surface area contributed by atoms with Crippen molar-refractivity contribution >= 4 is 15.7 Å². The molecule has 2 aliphatic heterocycles. The smallest absolute Gasteiger partial charge is 0.237 e. The summed E-state index contributed by atoms with van der Waals surface area (Å²) in [6.45, 7) is 0.936. The Bertz CT molecular complexity index is 448. The van der Waals surface area contributed by atoms with Gasteiger partial charge in [-0.2, -0.15) is 0 Å². The molecule has 3 aliphatic rings. The first-order valence-corrected chi connectivity index (χ1v) is 8.61. The maximum atomic E-state index is 12.2. The summed E-state index contributed by atoms with van der Waals surface area (Å²) in [5.41, 5.74) is 0. The summed E-state index contributed by atoms with van der Waals surface area (Å²) >= 11 is 0. The Balaban J connectivity index is 1.59. The molecule has 5 nitrogen and oxygen atoms in total. The van der Waals surface area contributed by atoms with Crippen molar-refractivity contribution in [3.63, 3.8) is 0 Å². The third-order valence-corrected chi connectivity index (χ3v) is 6.38.